The number of rotatable bonds is 6. The topological polar surface area (TPSA) is 75.7 Å². The molecule has 1 saturated heterocycles. The van der Waals surface area contributed by atoms with Crippen LogP contribution in [0.4, 0.5) is 9.18 Å². The first-order chi connectivity index (χ1) is 10.9. The Morgan fingerprint density at radius 1 is 1.30 bits per heavy atom. The van der Waals surface area contributed by atoms with Crippen LogP contribution >= 0.6 is 0 Å². The van der Waals surface area contributed by atoms with Crippen LogP contribution in [0.1, 0.15) is 31.7 Å². The predicted octanol–water partition coefficient (Wildman–Crippen LogP) is 1.94. The zero-order chi connectivity index (χ0) is 17.0. The molecule has 1 atom stereocenters. The molecule has 7 heteroatoms. The Labute approximate surface area is 133 Å². The van der Waals surface area contributed by atoms with Crippen molar-refractivity contribution in [3.8, 4) is 0 Å². The minimum atomic E-state index is -1.27. The molecule has 1 aromatic carbocycles. The van der Waals surface area contributed by atoms with Crippen molar-refractivity contribution in [2.45, 2.75) is 31.7 Å². The van der Waals surface area contributed by atoms with Crippen LogP contribution in [0.2, 0.25) is 0 Å². The van der Waals surface area contributed by atoms with E-state index in [0.717, 1.165) is 11.3 Å². The number of nitrogens with one attached hydrogen (secondary N) is 1. The smallest absolute Gasteiger partial charge is 0.325 e. The number of halogens is 1. The number of hydrogen-bond acceptors (Lipinski definition) is 4. The van der Waals surface area contributed by atoms with Gasteiger partial charge in [-0.3, -0.25) is 14.5 Å². The van der Waals surface area contributed by atoms with Crippen LogP contribution < -0.4 is 5.32 Å². The predicted molar refractivity (Wildman–Crippen MR) is 79.9 cm³/mol. The summed E-state index contributed by atoms with van der Waals surface area (Å²) in [4.78, 5) is 37.2. The number of hydrogen-bond donors (Lipinski definition) is 1. The number of carbonyl (C=O) groups excluding carboxylic acids is 3. The first kappa shape index (κ1) is 16.9. The van der Waals surface area contributed by atoms with E-state index in [9.17, 15) is 18.8 Å². The van der Waals surface area contributed by atoms with Crippen molar-refractivity contribution in [2.24, 2.45) is 0 Å². The van der Waals surface area contributed by atoms with E-state index < -0.39 is 35.8 Å². The maximum Gasteiger partial charge on any atom is 0.325 e. The number of nitrogens with zero attached hydrogens (tertiary/aromatic N) is 1. The number of unbranched alkanes of at least 4 members (excludes halogenated alkanes) is 1. The molecule has 0 spiro atoms. The molecule has 1 aliphatic rings. The summed E-state index contributed by atoms with van der Waals surface area (Å²) in [5.74, 6) is -1.63. The lowest BCUT2D eigenvalue weighted by Crippen LogP contribution is -2.44. The number of methoxy groups -OCH3 is 1. The minimum Gasteiger partial charge on any atom is -0.468 e. The third-order valence-electron chi connectivity index (χ3n) is 3.93. The van der Waals surface area contributed by atoms with Crippen LogP contribution in [-0.4, -0.2) is 36.5 Å². The minimum absolute atomic E-state index is 0.372. The fourth-order valence-corrected chi connectivity index (χ4v) is 2.65. The van der Waals surface area contributed by atoms with Crippen LogP contribution in [0.15, 0.2) is 24.3 Å². The summed E-state index contributed by atoms with van der Waals surface area (Å²) in [6.07, 6.45) is 1.88. The summed E-state index contributed by atoms with van der Waals surface area (Å²) in [6.45, 7) is 1.52. The summed E-state index contributed by atoms with van der Waals surface area (Å²) in [6, 6.07) is 4.78. The van der Waals surface area contributed by atoms with E-state index in [4.69, 9.17) is 0 Å². The van der Waals surface area contributed by atoms with Crippen molar-refractivity contribution in [1.29, 1.82) is 0 Å². The highest BCUT2D eigenvalue weighted by Crippen LogP contribution is 2.34. The third kappa shape index (κ3) is 3.18. The molecule has 3 amide bonds. The number of imide groups is 1. The van der Waals surface area contributed by atoms with E-state index in [-0.39, 0.29) is 0 Å². The quantitative estimate of drug-likeness (QED) is 0.641. The van der Waals surface area contributed by atoms with Gasteiger partial charge in [0.15, 0.2) is 0 Å². The normalized spacial score (nSPS) is 20.6. The summed E-state index contributed by atoms with van der Waals surface area (Å²) in [5.41, 5.74) is -0.771. The third-order valence-corrected chi connectivity index (χ3v) is 3.93. The molecule has 0 unspecified atom stereocenters. The lowest BCUT2D eigenvalue weighted by molar-refractivity contribution is -0.145. The molecule has 0 bridgehead atoms. The fourth-order valence-electron chi connectivity index (χ4n) is 2.65. The van der Waals surface area contributed by atoms with E-state index in [1.807, 2.05) is 6.92 Å². The van der Waals surface area contributed by atoms with Crippen molar-refractivity contribution in [3.05, 3.63) is 35.6 Å². The Morgan fingerprint density at radius 2 is 1.96 bits per heavy atom. The molecule has 1 heterocycles. The SMILES string of the molecule is CCCC[C@@]1(c2ccc(F)cc2)NC(=O)N(CC(=O)OC)C1=O. The van der Waals surface area contributed by atoms with Crippen molar-refractivity contribution in [1.82, 2.24) is 10.2 Å². The second-order valence-corrected chi connectivity index (χ2v) is 5.41. The van der Waals surface area contributed by atoms with Crippen LogP contribution in [0.3, 0.4) is 0 Å². The number of benzene rings is 1. The molecule has 1 N–H and O–H groups in total. The van der Waals surface area contributed by atoms with Gasteiger partial charge in [0, 0.05) is 0 Å². The molecular weight excluding hydrogens is 303 g/mol. The van der Waals surface area contributed by atoms with Gasteiger partial charge in [-0.25, -0.2) is 9.18 Å². The molecule has 2 rings (SSSR count). The molecule has 0 radical (unpaired) electrons. The van der Waals surface area contributed by atoms with Gasteiger partial charge in [0.1, 0.15) is 17.9 Å². The molecule has 6 nitrogen and oxygen atoms in total. The van der Waals surface area contributed by atoms with Gasteiger partial charge < -0.3 is 10.1 Å². The number of amides is 3. The van der Waals surface area contributed by atoms with Gasteiger partial charge in [0.25, 0.3) is 5.91 Å². The van der Waals surface area contributed by atoms with E-state index in [2.05, 4.69) is 10.1 Å². The Balaban J connectivity index is 2.39. The standard InChI is InChI=1S/C16H19FN2O4/c1-3-4-9-16(11-5-7-12(17)8-6-11)14(21)19(15(22)18-16)10-13(20)23-2/h5-8H,3-4,9-10H2,1-2H3,(H,18,22)/t16-/m0/s1. The highest BCUT2D eigenvalue weighted by Gasteiger charge is 2.52. The molecule has 124 valence electrons. The van der Waals surface area contributed by atoms with Crippen molar-refractivity contribution in [2.75, 3.05) is 13.7 Å². The van der Waals surface area contributed by atoms with Gasteiger partial charge >= 0.3 is 12.0 Å². The second kappa shape index (κ2) is 6.76. The van der Waals surface area contributed by atoms with Crippen LogP contribution in [0.25, 0.3) is 0 Å². The monoisotopic (exact) mass is 322 g/mol. The van der Waals surface area contributed by atoms with Crippen molar-refractivity contribution >= 4 is 17.9 Å². The van der Waals surface area contributed by atoms with Gasteiger partial charge in [0.05, 0.1) is 7.11 Å². The average Bonchev–Trinajstić information content (AvgIpc) is 2.78. The Bertz CT molecular complexity index is 617. The van der Waals surface area contributed by atoms with Crippen LogP contribution in [0.5, 0.6) is 0 Å². The van der Waals surface area contributed by atoms with Crippen molar-refractivity contribution in [3.63, 3.8) is 0 Å². The summed E-state index contributed by atoms with van der Waals surface area (Å²) in [7, 11) is 1.19. The lowest BCUT2D eigenvalue weighted by atomic mass is 9.85. The number of carbonyl (C=O) groups is 3. The number of ether oxygens (including phenoxy) is 1. The maximum absolute atomic E-state index is 13.2. The van der Waals surface area contributed by atoms with Gasteiger partial charge in [-0.1, -0.05) is 31.9 Å². The summed E-state index contributed by atoms with van der Waals surface area (Å²) >= 11 is 0. The lowest BCUT2D eigenvalue weighted by Gasteiger charge is -2.27. The number of esters is 1. The van der Waals surface area contributed by atoms with Crippen LogP contribution in [-0.2, 0) is 19.9 Å². The van der Waals surface area contributed by atoms with E-state index in [1.54, 1.807) is 0 Å². The van der Waals surface area contributed by atoms with Gasteiger partial charge in [-0.2, -0.15) is 0 Å². The molecule has 1 fully saturated rings. The molecule has 0 aliphatic carbocycles. The molecule has 1 aliphatic heterocycles. The fraction of sp³-hybridized carbons (Fsp3) is 0.438. The largest absolute Gasteiger partial charge is 0.468 e. The van der Waals surface area contributed by atoms with Gasteiger partial charge in [-0.15, -0.1) is 0 Å². The van der Waals surface area contributed by atoms with E-state index >= 15 is 0 Å². The number of urea groups is 1. The maximum atomic E-state index is 13.2. The first-order valence-electron chi connectivity index (χ1n) is 7.41. The highest BCUT2D eigenvalue weighted by atomic mass is 19.1. The molecule has 0 saturated carbocycles. The Morgan fingerprint density at radius 3 is 2.52 bits per heavy atom. The summed E-state index contributed by atoms with van der Waals surface area (Å²) in [5, 5.41) is 2.67. The van der Waals surface area contributed by atoms with Gasteiger partial charge in [-0.05, 0) is 24.1 Å². The first-order valence-corrected chi connectivity index (χ1v) is 7.41. The molecular formula is C16H19FN2O4. The van der Waals surface area contributed by atoms with E-state index in [1.165, 1.54) is 31.4 Å². The second-order valence-electron chi connectivity index (χ2n) is 5.41. The average molecular weight is 322 g/mol. The molecule has 23 heavy (non-hydrogen) atoms. The van der Waals surface area contributed by atoms with Crippen LogP contribution in [0, 0.1) is 5.82 Å². The van der Waals surface area contributed by atoms with E-state index in [0.29, 0.717) is 18.4 Å². The molecule has 0 aromatic heterocycles. The van der Waals surface area contributed by atoms with Gasteiger partial charge in [0.2, 0.25) is 0 Å². The Kier molecular flexibility index (Phi) is 4.98. The Hall–Kier alpha value is -2.44. The molecule has 1 aromatic rings. The highest BCUT2D eigenvalue weighted by molar-refractivity contribution is 6.09. The zero-order valence-corrected chi connectivity index (χ0v) is 13.1. The zero-order valence-electron chi connectivity index (χ0n) is 13.1. The van der Waals surface area contributed by atoms with Crippen molar-refractivity contribution < 1.29 is 23.5 Å². The summed E-state index contributed by atoms with van der Waals surface area (Å²) < 4.78 is 17.7.